The van der Waals surface area contributed by atoms with E-state index in [1.807, 2.05) is 0 Å². The zero-order valence-corrected chi connectivity index (χ0v) is 11.6. The molecule has 0 aromatic carbocycles. The van der Waals surface area contributed by atoms with Crippen molar-refractivity contribution < 1.29 is 14.7 Å². The molecule has 0 aliphatic heterocycles. The molecule has 1 saturated carbocycles. The molecule has 0 aromatic heterocycles. The number of carboxylic acids is 1. The van der Waals surface area contributed by atoms with Gasteiger partial charge in [-0.1, -0.05) is 32.1 Å². The van der Waals surface area contributed by atoms with Gasteiger partial charge in [0.25, 0.3) is 0 Å². The normalized spacial score (nSPS) is 16.0. The lowest BCUT2D eigenvalue weighted by atomic mass is 9.86. The van der Waals surface area contributed by atoms with Gasteiger partial charge in [-0.25, -0.2) is 4.79 Å². The molecule has 3 N–H and O–H groups in total. The van der Waals surface area contributed by atoms with E-state index < -0.39 is 5.97 Å². The lowest BCUT2D eigenvalue weighted by Gasteiger charge is -2.21. The molecule has 1 fully saturated rings. The summed E-state index contributed by atoms with van der Waals surface area (Å²) in [5.41, 5.74) is 0. The van der Waals surface area contributed by atoms with E-state index in [9.17, 15) is 9.59 Å². The Morgan fingerprint density at radius 2 is 1.63 bits per heavy atom. The molecule has 2 amide bonds. The van der Waals surface area contributed by atoms with Crippen LogP contribution in [0, 0.1) is 5.92 Å². The van der Waals surface area contributed by atoms with Gasteiger partial charge >= 0.3 is 12.0 Å². The van der Waals surface area contributed by atoms with Crippen LogP contribution in [0.4, 0.5) is 4.79 Å². The second-order valence-corrected chi connectivity index (χ2v) is 5.33. The highest BCUT2D eigenvalue weighted by Crippen LogP contribution is 2.26. The fraction of sp³-hybridized carbons (Fsp3) is 0.857. The first-order valence-electron chi connectivity index (χ1n) is 7.42. The Labute approximate surface area is 115 Å². The number of urea groups is 1. The Hall–Kier alpha value is -1.26. The fourth-order valence-electron chi connectivity index (χ4n) is 2.57. The summed E-state index contributed by atoms with van der Waals surface area (Å²) < 4.78 is 0. The zero-order valence-electron chi connectivity index (χ0n) is 11.6. The highest BCUT2D eigenvalue weighted by molar-refractivity contribution is 5.73. The second kappa shape index (κ2) is 9.64. The molecule has 0 aromatic rings. The van der Waals surface area contributed by atoms with Gasteiger partial charge in [-0.05, 0) is 25.2 Å². The molecule has 1 rings (SSSR count). The molecule has 110 valence electrons. The molecule has 0 unspecified atom stereocenters. The maximum absolute atomic E-state index is 11.4. The molecular formula is C14H26N2O3. The lowest BCUT2D eigenvalue weighted by Crippen LogP contribution is -2.36. The van der Waals surface area contributed by atoms with Crippen LogP contribution in [0.15, 0.2) is 0 Å². The van der Waals surface area contributed by atoms with Crippen LogP contribution >= 0.6 is 0 Å². The van der Waals surface area contributed by atoms with E-state index >= 15 is 0 Å². The van der Waals surface area contributed by atoms with Gasteiger partial charge in [0.1, 0.15) is 0 Å². The third-order valence-corrected chi connectivity index (χ3v) is 3.65. The number of carboxylic acid groups (broad SMARTS) is 1. The Morgan fingerprint density at radius 1 is 1.00 bits per heavy atom. The van der Waals surface area contributed by atoms with Crippen molar-refractivity contribution in [3.63, 3.8) is 0 Å². The average molecular weight is 270 g/mol. The number of amides is 2. The summed E-state index contributed by atoms with van der Waals surface area (Å²) in [5.74, 6) is 0.0314. The largest absolute Gasteiger partial charge is 0.481 e. The van der Waals surface area contributed by atoms with Crippen molar-refractivity contribution in [3.8, 4) is 0 Å². The third-order valence-electron chi connectivity index (χ3n) is 3.65. The summed E-state index contributed by atoms with van der Waals surface area (Å²) in [7, 11) is 0. The Morgan fingerprint density at radius 3 is 2.26 bits per heavy atom. The molecule has 1 aliphatic rings. The summed E-state index contributed by atoms with van der Waals surface area (Å²) in [4.78, 5) is 21.6. The highest BCUT2D eigenvalue weighted by atomic mass is 16.4. The molecule has 0 spiro atoms. The number of rotatable bonds is 8. The lowest BCUT2D eigenvalue weighted by molar-refractivity contribution is -0.137. The molecule has 5 heteroatoms. The number of carbonyl (C=O) groups is 2. The van der Waals surface area contributed by atoms with Gasteiger partial charge < -0.3 is 15.7 Å². The number of hydrogen-bond acceptors (Lipinski definition) is 2. The van der Waals surface area contributed by atoms with Gasteiger partial charge in [-0.15, -0.1) is 0 Å². The van der Waals surface area contributed by atoms with Crippen molar-refractivity contribution in [2.24, 2.45) is 5.92 Å². The molecule has 1 aliphatic carbocycles. The quantitative estimate of drug-likeness (QED) is 0.593. The third kappa shape index (κ3) is 8.46. The maximum Gasteiger partial charge on any atom is 0.314 e. The van der Waals surface area contributed by atoms with E-state index in [1.54, 1.807) is 0 Å². The topological polar surface area (TPSA) is 78.4 Å². The summed E-state index contributed by atoms with van der Waals surface area (Å²) >= 11 is 0. The van der Waals surface area contributed by atoms with Crippen molar-refractivity contribution in [3.05, 3.63) is 0 Å². The van der Waals surface area contributed by atoms with Crippen molar-refractivity contribution in [2.45, 2.75) is 57.8 Å². The van der Waals surface area contributed by atoms with Crippen molar-refractivity contribution >= 4 is 12.0 Å². The van der Waals surface area contributed by atoms with Crippen LogP contribution in [-0.2, 0) is 4.79 Å². The monoisotopic (exact) mass is 270 g/mol. The zero-order chi connectivity index (χ0) is 13.9. The molecule has 0 bridgehead atoms. The second-order valence-electron chi connectivity index (χ2n) is 5.33. The minimum absolute atomic E-state index is 0.0992. The average Bonchev–Trinajstić information content (AvgIpc) is 2.41. The van der Waals surface area contributed by atoms with Crippen LogP contribution in [0.5, 0.6) is 0 Å². The number of hydrogen-bond donors (Lipinski definition) is 3. The standard InChI is InChI=1S/C14H26N2O3/c17-13(18)9-5-11-16-14(19)15-10-4-8-12-6-2-1-3-7-12/h12H,1-11H2,(H,17,18)(H2,15,16,19). The summed E-state index contributed by atoms with van der Waals surface area (Å²) in [6.07, 6.45) is 9.62. The Balaban J connectivity index is 1.90. The minimum atomic E-state index is -0.824. The molecule has 19 heavy (non-hydrogen) atoms. The number of nitrogens with one attached hydrogen (secondary N) is 2. The van der Waals surface area contributed by atoms with Crippen LogP contribution in [0.3, 0.4) is 0 Å². The van der Waals surface area contributed by atoms with E-state index in [1.165, 1.54) is 38.5 Å². The van der Waals surface area contributed by atoms with Gasteiger partial charge in [0.2, 0.25) is 0 Å². The van der Waals surface area contributed by atoms with Crippen molar-refractivity contribution in [1.82, 2.24) is 10.6 Å². The van der Waals surface area contributed by atoms with E-state index in [0.29, 0.717) is 19.5 Å². The Kier molecular flexibility index (Phi) is 8.02. The number of aliphatic carboxylic acids is 1. The van der Waals surface area contributed by atoms with Gasteiger partial charge in [0, 0.05) is 19.5 Å². The predicted molar refractivity (Wildman–Crippen MR) is 74.1 cm³/mol. The van der Waals surface area contributed by atoms with E-state index in [0.717, 1.165) is 12.3 Å². The predicted octanol–water partition coefficient (Wildman–Crippen LogP) is 2.51. The highest BCUT2D eigenvalue weighted by Gasteiger charge is 2.12. The maximum atomic E-state index is 11.4. The smallest absolute Gasteiger partial charge is 0.314 e. The van der Waals surface area contributed by atoms with E-state index in [4.69, 9.17) is 5.11 Å². The fourth-order valence-corrected chi connectivity index (χ4v) is 2.57. The molecule has 5 nitrogen and oxygen atoms in total. The summed E-state index contributed by atoms with van der Waals surface area (Å²) in [5, 5.41) is 13.9. The Bertz CT molecular complexity index is 276. The molecule has 0 radical (unpaired) electrons. The van der Waals surface area contributed by atoms with Crippen LogP contribution in [0.1, 0.15) is 57.8 Å². The molecule has 0 heterocycles. The van der Waals surface area contributed by atoms with Gasteiger partial charge in [-0.3, -0.25) is 4.79 Å². The van der Waals surface area contributed by atoms with Crippen LogP contribution in [0.2, 0.25) is 0 Å². The van der Waals surface area contributed by atoms with E-state index in [-0.39, 0.29) is 12.5 Å². The van der Waals surface area contributed by atoms with Crippen LogP contribution in [-0.4, -0.2) is 30.2 Å². The van der Waals surface area contributed by atoms with Gasteiger partial charge in [0.05, 0.1) is 0 Å². The van der Waals surface area contributed by atoms with Crippen LogP contribution in [0.25, 0.3) is 0 Å². The van der Waals surface area contributed by atoms with Crippen molar-refractivity contribution in [2.75, 3.05) is 13.1 Å². The minimum Gasteiger partial charge on any atom is -0.481 e. The van der Waals surface area contributed by atoms with Gasteiger partial charge in [-0.2, -0.15) is 0 Å². The van der Waals surface area contributed by atoms with Crippen molar-refractivity contribution in [1.29, 1.82) is 0 Å². The first-order valence-corrected chi connectivity index (χ1v) is 7.42. The summed E-state index contributed by atoms with van der Waals surface area (Å²) in [6, 6.07) is -0.186. The summed E-state index contributed by atoms with van der Waals surface area (Å²) in [6.45, 7) is 1.13. The molecule has 0 atom stereocenters. The van der Waals surface area contributed by atoms with Crippen LogP contribution < -0.4 is 10.6 Å². The molecular weight excluding hydrogens is 244 g/mol. The van der Waals surface area contributed by atoms with E-state index in [2.05, 4.69) is 10.6 Å². The first kappa shape index (κ1) is 15.8. The number of carbonyl (C=O) groups excluding carboxylic acids is 1. The van der Waals surface area contributed by atoms with Gasteiger partial charge in [0.15, 0.2) is 0 Å². The first-order chi connectivity index (χ1) is 9.18. The SMILES string of the molecule is O=C(O)CCCNC(=O)NCCCC1CCCCC1. The molecule has 0 saturated heterocycles.